The Labute approximate surface area is 125 Å². The van der Waals surface area contributed by atoms with Gasteiger partial charge >= 0.3 is 11.9 Å². The quantitative estimate of drug-likeness (QED) is 0.303. The standard InChI is InChI=1S/C10H15N3O7S/c14-6(12-4-10(19)20)3-11-7(15)5-13(21)8(16)1-2-9(17)18/h21H,1-5H2,(H,11,15)(H,12,14)(H,17,18)(H,19,20). The minimum absolute atomic E-state index is 0.300. The van der Waals surface area contributed by atoms with Crippen molar-refractivity contribution in [3.63, 3.8) is 0 Å². The van der Waals surface area contributed by atoms with Crippen LogP contribution in [0.1, 0.15) is 12.8 Å². The highest BCUT2D eigenvalue weighted by molar-refractivity contribution is 7.78. The van der Waals surface area contributed by atoms with Gasteiger partial charge in [-0.1, -0.05) is 12.8 Å². The number of rotatable bonds is 9. The lowest BCUT2D eigenvalue weighted by Crippen LogP contribution is -2.42. The maximum Gasteiger partial charge on any atom is 0.322 e. The summed E-state index contributed by atoms with van der Waals surface area (Å²) in [5.74, 6) is -4.41. The van der Waals surface area contributed by atoms with Crippen LogP contribution in [0.15, 0.2) is 0 Å². The monoisotopic (exact) mass is 321 g/mol. The van der Waals surface area contributed by atoms with E-state index in [2.05, 4.69) is 18.1 Å². The Hall–Kier alpha value is -2.30. The molecule has 0 aliphatic rings. The maximum atomic E-state index is 11.4. The van der Waals surface area contributed by atoms with Gasteiger partial charge < -0.3 is 20.8 Å². The second-order valence-electron chi connectivity index (χ2n) is 3.79. The molecule has 0 aromatic heterocycles. The molecule has 0 bridgehead atoms. The van der Waals surface area contributed by atoms with Crippen LogP contribution in [0, 0.1) is 0 Å². The molecule has 118 valence electrons. The van der Waals surface area contributed by atoms with Gasteiger partial charge in [0.2, 0.25) is 17.7 Å². The van der Waals surface area contributed by atoms with Crippen LogP contribution in [-0.2, 0) is 24.0 Å². The second-order valence-corrected chi connectivity index (χ2v) is 4.28. The number of hydrogen-bond donors (Lipinski definition) is 5. The molecule has 0 aromatic rings. The lowest BCUT2D eigenvalue weighted by molar-refractivity contribution is -0.139. The van der Waals surface area contributed by atoms with Crippen molar-refractivity contribution in [2.24, 2.45) is 0 Å². The Bertz CT molecular complexity index is 440. The Morgan fingerprint density at radius 3 is 1.95 bits per heavy atom. The fourth-order valence-electron chi connectivity index (χ4n) is 1.04. The number of carboxylic acids is 2. The molecule has 11 heteroatoms. The first-order valence-corrected chi connectivity index (χ1v) is 6.08. The Balaban J connectivity index is 3.97. The predicted molar refractivity (Wildman–Crippen MR) is 71.2 cm³/mol. The van der Waals surface area contributed by atoms with Gasteiger partial charge in [-0.15, -0.1) is 0 Å². The van der Waals surface area contributed by atoms with Crippen molar-refractivity contribution < 1.29 is 34.2 Å². The summed E-state index contributed by atoms with van der Waals surface area (Å²) in [5, 5.41) is 20.9. The molecule has 0 rings (SSSR count). The summed E-state index contributed by atoms with van der Waals surface area (Å²) in [6, 6.07) is 0. The van der Waals surface area contributed by atoms with Gasteiger partial charge in [-0.25, -0.2) is 0 Å². The number of nitrogens with zero attached hydrogens (tertiary/aromatic N) is 1. The van der Waals surface area contributed by atoms with Gasteiger partial charge in [-0.05, 0) is 0 Å². The zero-order valence-electron chi connectivity index (χ0n) is 10.9. The van der Waals surface area contributed by atoms with Gasteiger partial charge in [0.05, 0.1) is 13.0 Å². The highest BCUT2D eigenvalue weighted by atomic mass is 32.1. The average molecular weight is 321 g/mol. The summed E-state index contributed by atoms with van der Waals surface area (Å²) in [7, 11) is 0. The molecule has 0 spiro atoms. The molecule has 0 aromatic carbocycles. The summed E-state index contributed by atoms with van der Waals surface area (Å²) in [6.07, 6.45) is -0.680. The van der Waals surface area contributed by atoms with Crippen LogP contribution in [-0.4, -0.2) is 63.8 Å². The Kier molecular flexibility index (Phi) is 8.53. The molecular formula is C10H15N3O7S. The molecule has 4 N–H and O–H groups in total. The van der Waals surface area contributed by atoms with E-state index < -0.39 is 49.3 Å². The van der Waals surface area contributed by atoms with Crippen molar-refractivity contribution >= 4 is 42.5 Å². The predicted octanol–water partition coefficient (Wildman–Crippen LogP) is -2.16. The van der Waals surface area contributed by atoms with E-state index in [4.69, 9.17) is 10.2 Å². The molecule has 0 saturated carbocycles. The summed E-state index contributed by atoms with van der Waals surface area (Å²) in [6.45, 7) is -1.48. The third kappa shape index (κ3) is 10.2. The van der Waals surface area contributed by atoms with E-state index in [0.717, 1.165) is 4.31 Å². The number of nitrogens with one attached hydrogen (secondary N) is 2. The van der Waals surface area contributed by atoms with Crippen molar-refractivity contribution in [3.8, 4) is 0 Å². The highest BCUT2D eigenvalue weighted by Gasteiger charge is 2.15. The Morgan fingerprint density at radius 2 is 1.43 bits per heavy atom. The fourth-order valence-corrected chi connectivity index (χ4v) is 1.27. The topological polar surface area (TPSA) is 153 Å². The van der Waals surface area contributed by atoms with Crippen LogP contribution in [0.25, 0.3) is 0 Å². The first kappa shape index (κ1) is 18.7. The lowest BCUT2D eigenvalue weighted by Gasteiger charge is -2.14. The summed E-state index contributed by atoms with van der Waals surface area (Å²) in [4.78, 5) is 54.3. The van der Waals surface area contributed by atoms with E-state index in [1.807, 2.05) is 5.32 Å². The molecular weight excluding hydrogens is 306 g/mol. The molecule has 3 amide bonds. The van der Waals surface area contributed by atoms with Gasteiger partial charge in [0.1, 0.15) is 13.1 Å². The molecule has 0 aliphatic heterocycles. The van der Waals surface area contributed by atoms with Crippen molar-refractivity contribution in [2.45, 2.75) is 12.8 Å². The van der Waals surface area contributed by atoms with Gasteiger partial charge in [-0.3, -0.25) is 28.3 Å². The number of carboxylic acid groups (broad SMARTS) is 2. The van der Waals surface area contributed by atoms with E-state index in [0.29, 0.717) is 0 Å². The number of hydrogen-bond acceptors (Lipinski definition) is 6. The van der Waals surface area contributed by atoms with Crippen LogP contribution < -0.4 is 10.6 Å². The second kappa shape index (κ2) is 9.58. The minimum atomic E-state index is -1.22. The first-order chi connectivity index (χ1) is 9.72. The highest BCUT2D eigenvalue weighted by Crippen LogP contribution is 2.00. The molecule has 0 aliphatic carbocycles. The van der Waals surface area contributed by atoms with Crippen LogP contribution in [0.3, 0.4) is 0 Å². The number of thiol groups is 1. The van der Waals surface area contributed by atoms with Gasteiger partial charge in [-0.2, -0.15) is 0 Å². The molecule has 0 unspecified atom stereocenters. The third-order valence-corrected chi connectivity index (χ3v) is 2.38. The summed E-state index contributed by atoms with van der Waals surface area (Å²) < 4.78 is 0.730. The molecule has 21 heavy (non-hydrogen) atoms. The maximum absolute atomic E-state index is 11.4. The van der Waals surface area contributed by atoms with E-state index in [-0.39, 0.29) is 12.8 Å². The zero-order valence-corrected chi connectivity index (χ0v) is 11.8. The summed E-state index contributed by atoms with van der Waals surface area (Å²) >= 11 is 3.73. The molecule has 0 fully saturated rings. The van der Waals surface area contributed by atoms with Gasteiger partial charge in [0.15, 0.2) is 0 Å². The molecule has 0 atom stereocenters. The van der Waals surface area contributed by atoms with Crippen LogP contribution in [0.4, 0.5) is 0 Å². The van der Waals surface area contributed by atoms with E-state index in [1.165, 1.54) is 0 Å². The third-order valence-electron chi connectivity index (χ3n) is 2.02. The van der Waals surface area contributed by atoms with Crippen LogP contribution >= 0.6 is 12.8 Å². The van der Waals surface area contributed by atoms with E-state index >= 15 is 0 Å². The van der Waals surface area contributed by atoms with Crippen molar-refractivity contribution in [3.05, 3.63) is 0 Å². The largest absolute Gasteiger partial charge is 0.481 e. The Morgan fingerprint density at radius 1 is 0.857 bits per heavy atom. The molecule has 10 nitrogen and oxygen atoms in total. The van der Waals surface area contributed by atoms with E-state index in [9.17, 15) is 24.0 Å². The zero-order chi connectivity index (χ0) is 16.4. The normalized spacial score (nSPS) is 9.57. The number of carbonyl (C=O) groups excluding carboxylic acids is 3. The number of aliphatic carboxylic acids is 2. The molecule has 0 radical (unpaired) electrons. The smallest absolute Gasteiger partial charge is 0.322 e. The minimum Gasteiger partial charge on any atom is -0.481 e. The molecule has 0 heterocycles. The first-order valence-electron chi connectivity index (χ1n) is 5.68. The van der Waals surface area contributed by atoms with Crippen molar-refractivity contribution in [1.82, 2.24) is 14.9 Å². The van der Waals surface area contributed by atoms with Gasteiger partial charge in [0, 0.05) is 6.42 Å². The SMILES string of the molecule is O=C(O)CCC(=O)N(S)CC(=O)NCC(=O)NCC(=O)O. The average Bonchev–Trinajstić information content (AvgIpc) is 2.39. The number of amides is 3. The molecule has 0 saturated heterocycles. The van der Waals surface area contributed by atoms with Gasteiger partial charge in [0.25, 0.3) is 0 Å². The van der Waals surface area contributed by atoms with Crippen LogP contribution in [0.5, 0.6) is 0 Å². The lowest BCUT2D eigenvalue weighted by atomic mass is 10.3. The van der Waals surface area contributed by atoms with Crippen molar-refractivity contribution in [1.29, 1.82) is 0 Å². The van der Waals surface area contributed by atoms with Crippen LogP contribution in [0.2, 0.25) is 0 Å². The number of carbonyl (C=O) groups is 5. The van der Waals surface area contributed by atoms with E-state index in [1.54, 1.807) is 0 Å². The van der Waals surface area contributed by atoms with Crippen molar-refractivity contribution in [2.75, 3.05) is 19.6 Å². The summed E-state index contributed by atoms with van der Waals surface area (Å²) in [5.41, 5.74) is 0. The fraction of sp³-hybridized carbons (Fsp3) is 0.500.